The lowest BCUT2D eigenvalue weighted by Crippen LogP contribution is -2.31. The molecule has 0 aromatic heterocycles. The molecule has 0 N–H and O–H groups in total. The lowest BCUT2D eigenvalue weighted by atomic mass is 9.72. The molecule has 10 aromatic carbocycles. The van der Waals surface area contributed by atoms with Gasteiger partial charge in [-0.05, 0) is 110 Å². The molecule has 0 unspecified atom stereocenters. The maximum absolute atomic E-state index is 2.55. The molecule has 0 amide bonds. The molecular formula is C59H44N2. The van der Waals surface area contributed by atoms with Gasteiger partial charge in [0.15, 0.2) is 0 Å². The molecule has 2 nitrogen and oxygen atoms in total. The van der Waals surface area contributed by atoms with Gasteiger partial charge in [-0.1, -0.05) is 190 Å². The second kappa shape index (κ2) is 14.9. The third-order valence-corrected chi connectivity index (χ3v) is 12.6. The van der Waals surface area contributed by atoms with Gasteiger partial charge in [0.1, 0.15) is 0 Å². The SMILES string of the molecule is CC1(C)c2ccccc2N(c2c(-c3cccc4ccccc34)ccc3ccccc23)c2ccc(-c3ccc(-c4cccc(N(c5ccccc5)c5ccccc5)c4)cc3)cc21. The van der Waals surface area contributed by atoms with Crippen molar-refractivity contribution in [2.24, 2.45) is 0 Å². The number of benzene rings is 10. The fraction of sp³-hybridized carbons (Fsp3) is 0.0508. The standard InChI is InChI=1S/C59H44N2/c1-59(2)54-29-13-14-30-56(54)61(58-51-27-12-10-18-44(51)35-37-53(58)52-28-16-19-43-17-9-11-26-50(43)52)57-38-36-46(40-55(57)59)42-33-31-41(32-34-42)45-20-15-25-49(39-45)60(47-21-5-3-6-22-47)48-23-7-4-8-24-48/h3-40H,1-2H3. The quantitative estimate of drug-likeness (QED) is 0.159. The van der Waals surface area contributed by atoms with Crippen molar-refractivity contribution in [2.45, 2.75) is 19.3 Å². The van der Waals surface area contributed by atoms with Crippen molar-refractivity contribution in [3.05, 3.63) is 242 Å². The molecule has 0 spiro atoms. The Morgan fingerprint density at radius 3 is 1.59 bits per heavy atom. The van der Waals surface area contributed by atoms with E-state index in [-0.39, 0.29) is 5.41 Å². The zero-order chi connectivity index (χ0) is 40.9. The highest BCUT2D eigenvalue weighted by Crippen LogP contribution is 2.56. The molecular weight excluding hydrogens is 737 g/mol. The predicted molar refractivity (Wildman–Crippen MR) is 259 cm³/mol. The predicted octanol–water partition coefficient (Wildman–Crippen LogP) is 16.6. The molecule has 10 aromatic rings. The van der Waals surface area contributed by atoms with Crippen LogP contribution in [0, 0.1) is 0 Å². The van der Waals surface area contributed by atoms with Crippen molar-refractivity contribution < 1.29 is 0 Å². The lowest BCUT2D eigenvalue weighted by molar-refractivity contribution is 0.632. The molecule has 0 atom stereocenters. The Labute approximate surface area is 358 Å². The number of para-hydroxylation sites is 3. The van der Waals surface area contributed by atoms with E-state index < -0.39 is 0 Å². The number of rotatable bonds is 7. The summed E-state index contributed by atoms with van der Waals surface area (Å²) < 4.78 is 0. The first-order valence-electron chi connectivity index (χ1n) is 21.2. The first kappa shape index (κ1) is 36.4. The molecule has 0 saturated carbocycles. The van der Waals surface area contributed by atoms with Gasteiger partial charge in [0.2, 0.25) is 0 Å². The van der Waals surface area contributed by atoms with Crippen molar-refractivity contribution in [1.82, 2.24) is 0 Å². The summed E-state index contributed by atoms with van der Waals surface area (Å²) in [6, 6.07) is 84.1. The van der Waals surface area contributed by atoms with Crippen LogP contribution in [0.4, 0.5) is 34.1 Å². The van der Waals surface area contributed by atoms with E-state index in [1.807, 2.05) is 0 Å². The van der Waals surface area contributed by atoms with E-state index in [4.69, 9.17) is 0 Å². The Hall–Kier alpha value is -7.68. The van der Waals surface area contributed by atoms with Crippen molar-refractivity contribution in [3.8, 4) is 33.4 Å². The number of hydrogen-bond acceptors (Lipinski definition) is 2. The summed E-state index contributed by atoms with van der Waals surface area (Å²) in [5.41, 5.74) is 16.6. The van der Waals surface area contributed by atoms with E-state index in [0.717, 1.165) is 17.1 Å². The lowest BCUT2D eigenvalue weighted by Gasteiger charge is -2.43. The number of hydrogen-bond donors (Lipinski definition) is 0. The molecule has 1 aliphatic heterocycles. The summed E-state index contributed by atoms with van der Waals surface area (Å²) in [6.07, 6.45) is 0. The maximum atomic E-state index is 2.55. The van der Waals surface area contributed by atoms with Crippen molar-refractivity contribution >= 4 is 55.7 Å². The van der Waals surface area contributed by atoms with Crippen LogP contribution >= 0.6 is 0 Å². The Morgan fingerprint density at radius 2 is 0.869 bits per heavy atom. The van der Waals surface area contributed by atoms with E-state index in [1.165, 1.54) is 83.1 Å². The average Bonchev–Trinajstić information content (AvgIpc) is 3.32. The molecule has 0 bridgehead atoms. The van der Waals surface area contributed by atoms with Crippen LogP contribution in [0.5, 0.6) is 0 Å². The van der Waals surface area contributed by atoms with Crippen LogP contribution in [0.2, 0.25) is 0 Å². The van der Waals surface area contributed by atoms with Gasteiger partial charge in [0, 0.05) is 33.4 Å². The van der Waals surface area contributed by atoms with E-state index >= 15 is 0 Å². The fourth-order valence-corrected chi connectivity index (χ4v) is 9.58. The van der Waals surface area contributed by atoms with Crippen LogP contribution in [0.3, 0.4) is 0 Å². The van der Waals surface area contributed by atoms with Crippen LogP contribution in [0.15, 0.2) is 231 Å². The molecule has 11 rings (SSSR count). The summed E-state index contributed by atoms with van der Waals surface area (Å²) in [4.78, 5) is 4.86. The minimum atomic E-state index is -0.244. The van der Waals surface area contributed by atoms with Gasteiger partial charge in [0.05, 0.1) is 17.1 Å². The summed E-state index contributed by atoms with van der Waals surface area (Å²) in [6.45, 7) is 4.76. The normalized spacial score (nSPS) is 12.9. The van der Waals surface area contributed by atoms with E-state index in [1.54, 1.807) is 0 Å². The fourth-order valence-electron chi connectivity index (χ4n) is 9.58. The van der Waals surface area contributed by atoms with E-state index in [2.05, 4.69) is 254 Å². The molecule has 2 heteroatoms. The first-order chi connectivity index (χ1) is 30.0. The molecule has 290 valence electrons. The highest BCUT2D eigenvalue weighted by molar-refractivity contribution is 6.11. The zero-order valence-electron chi connectivity index (χ0n) is 34.3. The summed E-state index contributed by atoms with van der Waals surface area (Å²) in [7, 11) is 0. The third-order valence-electron chi connectivity index (χ3n) is 12.6. The molecule has 0 saturated heterocycles. The van der Waals surface area contributed by atoms with Crippen LogP contribution < -0.4 is 9.80 Å². The summed E-state index contributed by atoms with van der Waals surface area (Å²) in [5.74, 6) is 0. The Kier molecular flexibility index (Phi) is 8.86. The first-order valence-corrected chi connectivity index (χ1v) is 21.2. The van der Waals surface area contributed by atoms with Gasteiger partial charge in [-0.3, -0.25) is 0 Å². The van der Waals surface area contributed by atoms with E-state index in [9.17, 15) is 0 Å². The second-order valence-corrected chi connectivity index (χ2v) is 16.6. The topological polar surface area (TPSA) is 6.48 Å². The summed E-state index contributed by atoms with van der Waals surface area (Å²) in [5, 5.41) is 4.94. The molecule has 1 heterocycles. The van der Waals surface area contributed by atoms with Crippen molar-refractivity contribution in [1.29, 1.82) is 0 Å². The van der Waals surface area contributed by atoms with Crippen LogP contribution in [-0.4, -0.2) is 0 Å². The maximum Gasteiger partial charge on any atom is 0.0618 e. The zero-order valence-corrected chi connectivity index (χ0v) is 34.3. The Morgan fingerprint density at radius 1 is 0.344 bits per heavy atom. The monoisotopic (exact) mass is 780 g/mol. The van der Waals surface area contributed by atoms with Crippen LogP contribution in [0.1, 0.15) is 25.0 Å². The van der Waals surface area contributed by atoms with Crippen molar-refractivity contribution in [3.63, 3.8) is 0 Å². The molecule has 0 fully saturated rings. The number of fused-ring (bicyclic) bond motifs is 4. The Bertz CT molecular complexity index is 3180. The van der Waals surface area contributed by atoms with Gasteiger partial charge in [-0.25, -0.2) is 0 Å². The molecule has 0 radical (unpaired) electrons. The van der Waals surface area contributed by atoms with Gasteiger partial charge >= 0.3 is 0 Å². The number of nitrogens with zero attached hydrogens (tertiary/aromatic N) is 2. The largest absolute Gasteiger partial charge is 0.310 e. The average molecular weight is 781 g/mol. The van der Waals surface area contributed by atoms with Crippen LogP contribution in [-0.2, 0) is 5.41 Å². The molecule has 61 heavy (non-hydrogen) atoms. The summed E-state index contributed by atoms with van der Waals surface area (Å²) >= 11 is 0. The second-order valence-electron chi connectivity index (χ2n) is 16.6. The van der Waals surface area contributed by atoms with Gasteiger partial charge < -0.3 is 9.80 Å². The number of anilines is 6. The van der Waals surface area contributed by atoms with Gasteiger partial charge in [-0.2, -0.15) is 0 Å². The minimum absolute atomic E-state index is 0.244. The van der Waals surface area contributed by atoms with E-state index in [0.29, 0.717) is 0 Å². The van der Waals surface area contributed by atoms with Gasteiger partial charge in [-0.15, -0.1) is 0 Å². The third kappa shape index (κ3) is 6.27. The van der Waals surface area contributed by atoms with Crippen molar-refractivity contribution in [2.75, 3.05) is 9.80 Å². The molecule has 0 aliphatic carbocycles. The highest BCUT2D eigenvalue weighted by Gasteiger charge is 2.38. The molecule has 1 aliphatic rings. The van der Waals surface area contributed by atoms with Gasteiger partial charge in [0.25, 0.3) is 0 Å². The van der Waals surface area contributed by atoms with Crippen LogP contribution in [0.25, 0.3) is 54.9 Å². The minimum Gasteiger partial charge on any atom is -0.310 e. The highest BCUT2D eigenvalue weighted by atomic mass is 15.2. The Balaban J connectivity index is 1.02. The smallest absolute Gasteiger partial charge is 0.0618 e.